The molecule has 1 aliphatic heterocycles. The van der Waals surface area contributed by atoms with Gasteiger partial charge in [-0.2, -0.15) is 0 Å². The summed E-state index contributed by atoms with van der Waals surface area (Å²) in [6, 6.07) is 15.4. The largest absolute Gasteiger partial charge is 0.478 e. The molecule has 0 aromatic heterocycles. The zero-order valence-corrected chi connectivity index (χ0v) is 12.5. The minimum absolute atomic E-state index is 0.0180. The van der Waals surface area contributed by atoms with Gasteiger partial charge < -0.3 is 14.7 Å². The summed E-state index contributed by atoms with van der Waals surface area (Å²) in [5, 5.41) is 9.28. The molecular formula is C18H19NO3. The first kappa shape index (κ1) is 14.6. The fraction of sp³-hybridized carbons (Fsp3) is 0.278. The predicted molar refractivity (Wildman–Crippen MR) is 84.7 cm³/mol. The molecule has 0 saturated heterocycles. The maximum Gasteiger partial charge on any atom is 0.268 e. The van der Waals surface area contributed by atoms with Crippen molar-refractivity contribution in [1.29, 1.82) is 0 Å². The normalized spacial score (nSPS) is 17.1. The number of carbonyl (C=O) groups is 1. The van der Waals surface area contributed by atoms with Gasteiger partial charge in [-0.25, -0.2) is 0 Å². The molecule has 114 valence electrons. The molecule has 1 unspecified atom stereocenters. The van der Waals surface area contributed by atoms with Gasteiger partial charge in [-0.05, 0) is 29.7 Å². The van der Waals surface area contributed by atoms with E-state index < -0.39 is 6.10 Å². The number of nitrogens with zero attached hydrogens (tertiary/aromatic N) is 1. The highest BCUT2D eigenvalue weighted by atomic mass is 16.5. The molecule has 0 bridgehead atoms. The lowest BCUT2D eigenvalue weighted by molar-refractivity contribution is -0.126. The lowest BCUT2D eigenvalue weighted by Crippen LogP contribution is -2.45. The first-order valence-electron chi connectivity index (χ1n) is 7.48. The van der Waals surface area contributed by atoms with Crippen molar-refractivity contribution >= 4 is 11.6 Å². The highest BCUT2D eigenvalue weighted by Gasteiger charge is 2.33. The average molecular weight is 297 g/mol. The van der Waals surface area contributed by atoms with Crippen molar-refractivity contribution in [3.63, 3.8) is 0 Å². The second-order valence-corrected chi connectivity index (χ2v) is 5.38. The lowest BCUT2D eigenvalue weighted by Gasteiger charge is -2.34. The minimum Gasteiger partial charge on any atom is -0.478 e. The number of fused-ring (bicyclic) bond motifs is 1. The van der Waals surface area contributed by atoms with Crippen molar-refractivity contribution in [3.8, 4) is 5.75 Å². The Morgan fingerprint density at radius 1 is 1.14 bits per heavy atom. The smallest absolute Gasteiger partial charge is 0.268 e. The third-order valence-electron chi connectivity index (χ3n) is 3.86. The van der Waals surface area contributed by atoms with Crippen LogP contribution in [0.15, 0.2) is 48.5 Å². The summed E-state index contributed by atoms with van der Waals surface area (Å²) in [5.41, 5.74) is 2.61. The monoisotopic (exact) mass is 297 g/mol. The number of anilines is 1. The van der Waals surface area contributed by atoms with Crippen molar-refractivity contribution in [2.24, 2.45) is 0 Å². The standard InChI is InChI=1S/C18H19NO3/c1-2-16-18(21)19(11-13-6-4-3-5-7-13)15-9-8-14(12-20)10-17(15)22-16/h3-10,16,20H,2,11-12H2,1H3. The van der Waals surface area contributed by atoms with Gasteiger partial charge >= 0.3 is 0 Å². The third kappa shape index (κ3) is 2.70. The van der Waals surface area contributed by atoms with Crippen molar-refractivity contribution in [1.82, 2.24) is 0 Å². The fourth-order valence-electron chi connectivity index (χ4n) is 2.66. The van der Waals surface area contributed by atoms with Crippen LogP contribution < -0.4 is 9.64 Å². The maximum atomic E-state index is 12.6. The molecule has 1 N–H and O–H groups in total. The summed E-state index contributed by atoms with van der Waals surface area (Å²) in [5.74, 6) is 0.643. The molecule has 3 rings (SSSR count). The minimum atomic E-state index is -0.467. The van der Waals surface area contributed by atoms with E-state index in [2.05, 4.69) is 0 Å². The first-order chi connectivity index (χ1) is 10.7. The van der Waals surface area contributed by atoms with E-state index in [1.54, 1.807) is 4.90 Å². The predicted octanol–water partition coefficient (Wildman–Crippen LogP) is 2.88. The van der Waals surface area contributed by atoms with E-state index in [0.717, 1.165) is 16.8 Å². The fourth-order valence-corrected chi connectivity index (χ4v) is 2.66. The molecule has 1 amide bonds. The summed E-state index contributed by atoms with van der Waals surface area (Å²) in [4.78, 5) is 14.4. The summed E-state index contributed by atoms with van der Waals surface area (Å²) < 4.78 is 5.80. The third-order valence-corrected chi connectivity index (χ3v) is 3.86. The zero-order chi connectivity index (χ0) is 15.5. The van der Waals surface area contributed by atoms with Crippen LogP contribution in [-0.4, -0.2) is 17.1 Å². The van der Waals surface area contributed by atoms with Crippen LogP contribution in [0.1, 0.15) is 24.5 Å². The number of hydrogen-bond donors (Lipinski definition) is 1. The lowest BCUT2D eigenvalue weighted by atomic mass is 10.1. The van der Waals surface area contributed by atoms with Crippen molar-refractivity contribution in [2.75, 3.05) is 4.90 Å². The van der Waals surface area contributed by atoms with E-state index >= 15 is 0 Å². The van der Waals surface area contributed by atoms with Crippen LogP contribution in [0.25, 0.3) is 0 Å². The second kappa shape index (κ2) is 6.20. The van der Waals surface area contributed by atoms with Crippen molar-refractivity contribution < 1.29 is 14.6 Å². The van der Waals surface area contributed by atoms with Crippen LogP contribution in [0.2, 0.25) is 0 Å². The Hall–Kier alpha value is -2.33. The van der Waals surface area contributed by atoms with Gasteiger partial charge in [-0.3, -0.25) is 4.79 Å². The average Bonchev–Trinajstić information content (AvgIpc) is 2.57. The van der Waals surface area contributed by atoms with E-state index in [9.17, 15) is 9.90 Å². The zero-order valence-electron chi connectivity index (χ0n) is 12.5. The Balaban J connectivity index is 1.98. The van der Waals surface area contributed by atoms with Crippen LogP contribution in [0.5, 0.6) is 5.75 Å². The van der Waals surface area contributed by atoms with E-state index in [1.807, 2.05) is 55.5 Å². The number of aliphatic hydroxyl groups excluding tert-OH is 1. The summed E-state index contributed by atoms with van der Waals surface area (Å²) in [6.07, 6.45) is 0.151. The number of ether oxygens (including phenoxy) is 1. The first-order valence-corrected chi connectivity index (χ1v) is 7.48. The van der Waals surface area contributed by atoms with Gasteiger partial charge in [0.25, 0.3) is 5.91 Å². The molecule has 4 heteroatoms. The van der Waals surface area contributed by atoms with E-state index in [4.69, 9.17) is 4.74 Å². The van der Waals surface area contributed by atoms with Crippen LogP contribution >= 0.6 is 0 Å². The molecule has 1 heterocycles. The van der Waals surface area contributed by atoms with E-state index in [0.29, 0.717) is 18.7 Å². The molecule has 0 aliphatic carbocycles. The SMILES string of the molecule is CCC1Oc2cc(CO)ccc2N(Cc2ccccc2)C1=O. The summed E-state index contributed by atoms with van der Waals surface area (Å²) >= 11 is 0. The van der Waals surface area contributed by atoms with Crippen LogP contribution in [0.3, 0.4) is 0 Å². The van der Waals surface area contributed by atoms with Gasteiger partial charge in [0, 0.05) is 0 Å². The van der Waals surface area contributed by atoms with Gasteiger partial charge in [0.15, 0.2) is 6.10 Å². The quantitative estimate of drug-likeness (QED) is 0.944. The molecule has 4 nitrogen and oxygen atoms in total. The Morgan fingerprint density at radius 2 is 1.91 bits per heavy atom. The molecule has 0 spiro atoms. The maximum absolute atomic E-state index is 12.6. The molecule has 22 heavy (non-hydrogen) atoms. The highest BCUT2D eigenvalue weighted by Crippen LogP contribution is 2.36. The number of carbonyl (C=O) groups excluding carboxylic acids is 1. The Morgan fingerprint density at radius 3 is 2.59 bits per heavy atom. The summed E-state index contributed by atoms with van der Waals surface area (Å²) in [7, 11) is 0. The molecule has 0 radical (unpaired) electrons. The molecule has 1 atom stereocenters. The van der Waals surface area contributed by atoms with Gasteiger partial charge in [-0.1, -0.05) is 43.3 Å². The number of rotatable bonds is 4. The highest BCUT2D eigenvalue weighted by molar-refractivity contribution is 6.00. The van der Waals surface area contributed by atoms with Gasteiger partial charge in [0.05, 0.1) is 18.8 Å². The number of aliphatic hydroxyl groups is 1. The van der Waals surface area contributed by atoms with E-state index in [-0.39, 0.29) is 12.5 Å². The van der Waals surface area contributed by atoms with Gasteiger partial charge in [-0.15, -0.1) is 0 Å². The number of amides is 1. The Labute approximate surface area is 130 Å². The van der Waals surface area contributed by atoms with E-state index in [1.165, 1.54) is 0 Å². The van der Waals surface area contributed by atoms with Gasteiger partial charge in [0.1, 0.15) is 5.75 Å². The van der Waals surface area contributed by atoms with Gasteiger partial charge in [0.2, 0.25) is 0 Å². The Kier molecular flexibility index (Phi) is 4.11. The van der Waals surface area contributed by atoms with Crippen molar-refractivity contribution in [3.05, 3.63) is 59.7 Å². The molecular weight excluding hydrogens is 278 g/mol. The van der Waals surface area contributed by atoms with Crippen molar-refractivity contribution in [2.45, 2.75) is 32.6 Å². The molecule has 1 aliphatic rings. The topological polar surface area (TPSA) is 49.8 Å². The summed E-state index contributed by atoms with van der Waals surface area (Å²) in [6.45, 7) is 2.41. The van der Waals surface area contributed by atoms with Crippen LogP contribution in [0, 0.1) is 0 Å². The number of hydrogen-bond acceptors (Lipinski definition) is 3. The molecule has 2 aromatic carbocycles. The second-order valence-electron chi connectivity index (χ2n) is 5.38. The molecule has 0 saturated carbocycles. The molecule has 2 aromatic rings. The van der Waals surface area contributed by atoms with Crippen LogP contribution in [-0.2, 0) is 17.9 Å². The Bertz CT molecular complexity index is 669. The van der Waals surface area contributed by atoms with Crippen LogP contribution in [0.4, 0.5) is 5.69 Å². The number of benzene rings is 2. The molecule has 0 fully saturated rings.